The molecule has 0 radical (unpaired) electrons. The van der Waals surface area contributed by atoms with Crippen LogP contribution >= 0.6 is 0 Å². The van der Waals surface area contributed by atoms with E-state index in [9.17, 15) is 4.79 Å². The molecular formula is C22H21N3O3. The summed E-state index contributed by atoms with van der Waals surface area (Å²) in [6.07, 6.45) is 0. The number of para-hydroxylation sites is 3. The average molecular weight is 375 g/mol. The molecule has 2 aromatic carbocycles. The molecule has 28 heavy (non-hydrogen) atoms. The third-order valence-corrected chi connectivity index (χ3v) is 4.67. The molecule has 6 heteroatoms. The van der Waals surface area contributed by atoms with Crippen LogP contribution in [0.25, 0.3) is 11.0 Å². The lowest BCUT2D eigenvalue weighted by atomic mass is 10.1. The molecule has 2 heterocycles. The van der Waals surface area contributed by atoms with E-state index in [-0.39, 0.29) is 18.3 Å². The first kappa shape index (κ1) is 17.9. The van der Waals surface area contributed by atoms with Crippen molar-refractivity contribution in [3.8, 4) is 5.75 Å². The first-order valence-electron chi connectivity index (χ1n) is 9.03. The maximum absolute atomic E-state index is 12.5. The fourth-order valence-electron chi connectivity index (χ4n) is 3.17. The number of aromatic nitrogens is 2. The van der Waals surface area contributed by atoms with Crippen LogP contribution in [0.3, 0.4) is 0 Å². The molecule has 1 N–H and O–H groups in total. The van der Waals surface area contributed by atoms with Gasteiger partial charge >= 0.3 is 0 Å². The molecule has 0 saturated carbocycles. The number of benzene rings is 2. The SMILES string of the molecule is Cc1cccc(C)c1OCc1ccc(C(=O)Nc2nc3ccccc3n2C)o1. The Kier molecular flexibility index (Phi) is 4.61. The third-order valence-electron chi connectivity index (χ3n) is 4.67. The van der Waals surface area contributed by atoms with Gasteiger partial charge in [0.15, 0.2) is 5.76 Å². The number of hydrogen-bond donors (Lipinski definition) is 1. The van der Waals surface area contributed by atoms with Gasteiger partial charge in [-0.25, -0.2) is 4.98 Å². The third kappa shape index (κ3) is 3.36. The topological polar surface area (TPSA) is 69.3 Å². The maximum Gasteiger partial charge on any atom is 0.293 e. The molecule has 0 spiro atoms. The number of nitrogens with one attached hydrogen (secondary N) is 1. The summed E-state index contributed by atoms with van der Waals surface area (Å²) in [6, 6.07) is 17.1. The van der Waals surface area contributed by atoms with Crippen molar-refractivity contribution >= 4 is 22.9 Å². The van der Waals surface area contributed by atoms with Gasteiger partial charge < -0.3 is 13.7 Å². The number of hydrogen-bond acceptors (Lipinski definition) is 4. The van der Waals surface area contributed by atoms with E-state index in [2.05, 4.69) is 10.3 Å². The predicted molar refractivity (Wildman–Crippen MR) is 108 cm³/mol. The zero-order chi connectivity index (χ0) is 19.7. The molecule has 4 rings (SSSR count). The van der Waals surface area contributed by atoms with Crippen molar-refractivity contribution in [1.82, 2.24) is 9.55 Å². The van der Waals surface area contributed by atoms with Crippen LogP contribution in [0.4, 0.5) is 5.95 Å². The van der Waals surface area contributed by atoms with Gasteiger partial charge in [0.25, 0.3) is 5.91 Å². The monoisotopic (exact) mass is 375 g/mol. The fourth-order valence-corrected chi connectivity index (χ4v) is 3.17. The lowest BCUT2D eigenvalue weighted by molar-refractivity contribution is 0.0991. The summed E-state index contributed by atoms with van der Waals surface area (Å²) in [4.78, 5) is 17.0. The lowest BCUT2D eigenvalue weighted by Gasteiger charge is -2.10. The Morgan fingerprint density at radius 1 is 1.07 bits per heavy atom. The number of rotatable bonds is 5. The summed E-state index contributed by atoms with van der Waals surface area (Å²) in [6.45, 7) is 4.26. The van der Waals surface area contributed by atoms with E-state index in [1.165, 1.54) is 0 Å². The Labute approximate surface area is 162 Å². The number of nitrogens with zero attached hydrogens (tertiary/aromatic N) is 2. The summed E-state index contributed by atoms with van der Waals surface area (Å²) in [7, 11) is 1.86. The summed E-state index contributed by atoms with van der Waals surface area (Å²) in [5, 5.41) is 2.80. The second-order valence-corrected chi connectivity index (χ2v) is 6.71. The smallest absolute Gasteiger partial charge is 0.293 e. The molecule has 0 unspecified atom stereocenters. The standard InChI is InChI=1S/C22H21N3O3/c1-14-7-6-8-15(2)20(14)27-13-16-11-12-19(28-16)21(26)24-22-23-17-9-4-5-10-18(17)25(22)3/h4-12H,13H2,1-3H3,(H,23,24,26). The van der Waals surface area contributed by atoms with Gasteiger partial charge in [0, 0.05) is 7.05 Å². The first-order chi connectivity index (χ1) is 13.5. The number of aryl methyl sites for hydroxylation is 3. The summed E-state index contributed by atoms with van der Waals surface area (Å²) >= 11 is 0. The Morgan fingerprint density at radius 2 is 1.82 bits per heavy atom. The van der Waals surface area contributed by atoms with E-state index in [1.807, 2.05) is 67.9 Å². The van der Waals surface area contributed by atoms with E-state index in [0.29, 0.717) is 11.7 Å². The molecule has 6 nitrogen and oxygen atoms in total. The summed E-state index contributed by atoms with van der Waals surface area (Å²) < 4.78 is 13.4. The van der Waals surface area contributed by atoms with Crippen molar-refractivity contribution in [2.24, 2.45) is 7.05 Å². The Bertz CT molecular complexity index is 1140. The van der Waals surface area contributed by atoms with Crippen LogP contribution in [0.2, 0.25) is 0 Å². The van der Waals surface area contributed by atoms with Gasteiger partial charge in [-0.1, -0.05) is 30.3 Å². The van der Waals surface area contributed by atoms with Crippen molar-refractivity contribution in [2.75, 3.05) is 5.32 Å². The second kappa shape index (κ2) is 7.23. The molecule has 0 atom stereocenters. The van der Waals surface area contributed by atoms with Gasteiger partial charge in [0.2, 0.25) is 5.95 Å². The van der Waals surface area contributed by atoms with Gasteiger partial charge in [0.1, 0.15) is 18.1 Å². The van der Waals surface area contributed by atoms with Crippen molar-refractivity contribution in [2.45, 2.75) is 20.5 Å². The van der Waals surface area contributed by atoms with Gasteiger partial charge in [-0.2, -0.15) is 0 Å². The number of fused-ring (bicyclic) bond motifs is 1. The Hall–Kier alpha value is -3.54. The zero-order valence-corrected chi connectivity index (χ0v) is 16.0. The number of carbonyl (C=O) groups excluding carboxylic acids is 1. The van der Waals surface area contributed by atoms with E-state index in [1.54, 1.807) is 12.1 Å². The van der Waals surface area contributed by atoms with Crippen molar-refractivity contribution in [1.29, 1.82) is 0 Å². The van der Waals surface area contributed by atoms with E-state index < -0.39 is 0 Å². The molecule has 4 aromatic rings. The molecule has 0 bridgehead atoms. The van der Waals surface area contributed by atoms with Crippen LogP contribution in [0, 0.1) is 13.8 Å². The van der Waals surface area contributed by atoms with Crippen molar-refractivity contribution in [3.63, 3.8) is 0 Å². The molecule has 0 saturated heterocycles. The summed E-state index contributed by atoms with van der Waals surface area (Å²) in [5.41, 5.74) is 3.89. The number of furan rings is 1. The first-order valence-corrected chi connectivity index (χ1v) is 9.03. The number of amides is 1. The highest BCUT2D eigenvalue weighted by Gasteiger charge is 2.16. The highest BCUT2D eigenvalue weighted by molar-refractivity contribution is 6.02. The largest absolute Gasteiger partial charge is 0.485 e. The Morgan fingerprint density at radius 3 is 2.57 bits per heavy atom. The van der Waals surface area contributed by atoms with Crippen LogP contribution in [0.5, 0.6) is 5.75 Å². The minimum absolute atomic E-state index is 0.215. The highest BCUT2D eigenvalue weighted by Crippen LogP contribution is 2.24. The van der Waals surface area contributed by atoms with Crippen LogP contribution in [0.15, 0.2) is 59.0 Å². The minimum Gasteiger partial charge on any atom is -0.485 e. The second-order valence-electron chi connectivity index (χ2n) is 6.71. The molecule has 0 aliphatic carbocycles. The quantitative estimate of drug-likeness (QED) is 0.553. The van der Waals surface area contributed by atoms with Crippen LogP contribution in [-0.2, 0) is 13.7 Å². The number of carbonyl (C=O) groups is 1. The maximum atomic E-state index is 12.5. The van der Waals surface area contributed by atoms with Gasteiger partial charge in [-0.05, 0) is 49.2 Å². The lowest BCUT2D eigenvalue weighted by Crippen LogP contribution is -2.14. The van der Waals surface area contributed by atoms with Gasteiger partial charge in [-0.3, -0.25) is 10.1 Å². The van der Waals surface area contributed by atoms with Crippen molar-refractivity contribution in [3.05, 3.63) is 77.2 Å². The summed E-state index contributed by atoms with van der Waals surface area (Å²) in [5.74, 6) is 1.75. The molecule has 0 fully saturated rings. The zero-order valence-electron chi connectivity index (χ0n) is 16.0. The molecule has 142 valence electrons. The normalized spacial score (nSPS) is 11.0. The van der Waals surface area contributed by atoms with Crippen molar-refractivity contribution < 1.29 is 13.9 Å². The van der Waals surface area contributed by atoms with Crippen LogP contribution in [0.1, 0.15) is 27.4 Å². The average Bonchev–Trinajstić information content (AvgIpc) is 3.27. The Balaban J connectivity index is 1.46. The molecule has 0 aliphatic rings. The molecular weight excluding hydrogens is 354 g/mol. The molecule has 1 amide bonds. The predicted octanol–water partition coefficient (Wildman–Crippen LogP) is 4.61. The van der Waals surface area contributed by atoms with Crippen LogP contribution < -0.4 is 10.1 Å². The highest BCUT2D eigenvalue weighted by atomic mass is 16.5. The van der Waals surface area contributed by atoms with Gasteiger partial charge in [-0.15, -0.1) is 0 Å². The van der Waals surface area contributed by atoms with E-state index in [4.69, 9.17) is 9.15 Å². The fraction of sp³-hybridized carbons (Fsp3) is 0.182. The number of imidazole rings is 1. The molecule has 2 aromatic heterocycles. The van der Waals surface area contributed by atoms with Gasteiger partial charge in [0.05, 0.1) is 11.0 Å². The molecule has 0 aliphatic heterocycles. The van der Waals surface area contributed by atoms with Crippen LogP contribution in [-0.4, -0.2) is 15.5 Å². The number of anilines is 1. The van der Waals surface area contributed by atoms with E-state index >= 15 is 0 Å². The number of ether oxygens (including phenoxy) is 1. The van der Waals surface area contributed by atoms with E-state index in [0.717, 1.165) is 27.9 Å². The minimum atomic E-state index is -0.350.